The maximum absolute atomic E-state index is 12.1. The van der Waals surface area contributed by atoms with Gasteiger partial charge in [-0.15, -0.1) is 0 Å². The SMILES string of the molecule is COC(=O)C(CCSC)NC(=O)Nc1ccc2c(c1)OCCO2. The van der Waals surface area contributed by atoms with E-state index >= 15 is 0 Å². The lowest BCUT2D eigenvalue weighted by molar-refractivity contribution is -0.142. The molecule has 2 N–H and O–H groups in total. The highest BCUT2D eigenvalue weighted by Gasteiger charge is 2.21. The Morgan fingerprint density at radius 2 is 2.04 bits per heavy atom. The Balaban J connectivity index is 1.95. The highest BCUT2D eigenvalue weighted by Crippen LogP contribution is 2.32. The van der Waals surface area contributed by atoms with Crippen molar-refractivity contribution in [2.45, 2.75) is 12.5 Å². The highest BCUT2D eigenvalue weighted by molar-refractivity contribution is 7.98. The number of methoxy groups -OCH3 is 1. The van der Waals surface area contributed by atoms with Crippen LogP contribution >= 0.6 is 11.8 Å². The molecule has 8 heteroatoms. The van der Waals surface area contributed by atoms with E-state index in [1.54, 1.807) is 30.0 Å². The molecule has 0 aromatic heterocycles. The van der Waals surface area contributed by atoms with Gasteiger partial charge in [0.15, 0.2) is 11.5 Å². The predicted molar refractivity (Wildman–Crippen MR) is 88.4 cm³/mol. The van der Waals surface area contributed by atoms with Gasteiger partial charge in [-0.3, -0.25) is 0 Å². The third kappa shape index (κ3) is 4.95. The molecule has 2 rings (SSSR count). The van der Waals surface area contributed by atoms with Crippen LogP contribution in [-0.4, -0.2) is 50.4 Å². The quantitative estimate of drug-likeness (QED) is 0.769. The summed E-state index contributed by atoms with van der Waals surface area (Å²) >= 11 is 1.59. The van der Waals surface area contributed by atoms with Crippen LogP contribution in [0.2, 0.25) is 0 Å². The number of benzene rings is 1. The van der Waals surface area contributed by atoms with E-state index in [2.05, 4.69) is 10.6 Å². The van der Waals surface area contributed by atoms with Gasteiger partial charge in [0, 0.05) is 11.8 Å². The van der Waals surface area contributed by atoms with Gasteiger partial charge in [0.05, 0.1) is 7.11 Å². The molecule has 23 heavy (non-hydrogen) atoms. The average Bonchev–Trinajstić information content (AvgIpc) is 2.57. The maximum Gasteiger partial charge on any atom is 0.328 e. The lowest BCUT2D eigenvalue weighted by Gasteiger charge is -2.20. The Hall–Kier alpha value is -2.09. The van der Waals surface area contributed by atoms with Crippen molar-refractivity contribution in [1.29, 1.82) is 0 Å². The number of carbonyl (C=O) groups excluding carboxylic acids is 2. The topological polar surface area (TPSA) is 85.9 Å². The first-order valence-electron chi connectivity index (χ1n) is 7.18. The third-order valence-corrected chi connectivity index (χ3v) is 3.85. The minimum atomic E-state index is -0.676. The number of rotatable bonds is 6. The zero-order chi connectivity index (χ0) is 16.7. The molecule has 0 radical (unpaired) electrons. The fourth-order valence-electron chi connectivity index (χ4n) is 2.07. The number of esters is 1. The van der Waals surface area contributed by atoms with Crippen molar-refractivity contribution >= 4 is 29.4 Å². The van der Waals surface area contributed by atoms with Crippen molar-refractivity contribution in [2.24, 2.45) is 0 Å². The van der Waals surface area contributed by atoms with Crippen LogP contribution < -0.4 is 20.1 Å². The van der Waals surface area contributed by atoms with Crippen LogP contribution in [0.5, 0.6) is 11.5 Å². The van der Waals surface area contributed by atoms with E-state index in [0.29, 0.717) is 36.8 Å². The van der Waals surface area contributed by atoms with Crippen LogP contribution in [-0.2, 0) is 9.53 Å². The van der Waals surface area contributed by atoms with E-state index in [-0.39, 0.29) is 0 Å². The van der Waals surface area contributed by atoms with Gasteiger partial charge < -0.3 is 24.8 Å². The largest absolute Gasteiger partial charge is 0.486 e. The first-order valence-corrected chi connectivity index (χ1v) is 8.57. The minimum Gasteiger partial charge on any atom is -0.486 e. The summed E-state index contributed by atoms with van der Waals surface area (Å²) in [4.78, 5) is 23.8. The molecule has 0 bridgehead atoms. The van der Waals surface area contributed by atoms with Crippen molar-refractivity contribution in [3.05, 3.63) is 18.2 Å². The second-order valence-electron chi connectivity index (χ2n) is 4.81. The van der Waals surface area contributed by atoms with Gasteiger partial charge in [-0.2, -0.15) is 11.8 Å². The minimum absolute atomic E-state index is 0.462. The number of thioether (sulfide) groups is 1. The molecule has 1 aliphatic heterocycles. The number of hydrogen-bond acceptors (Lipinski definition) is 6. The lowest BCUT2D eigenvalue weighted by Crippen LogP contribution is -2.44. The molecule has 1 atom stereocenters. The van der Waals surface area contributed by atoms with Gasteiger partial charge in [-0.05, 0) is 30.6 Å². The van der Waals surface area contributed by atoms with Crippen LogP contribution in [0.4, 0.5) is 10.5 Å². The zero-order valence-electron chi connectivity index (χ0n) is 13.1. The summed E-state index contributed by atoms with van der Waals surface area (Å²) in [5.74, 6) is 1.51. The first kappa shape index (κ1) is 17.3. The number of fused-ring (bicyclic) bond motifs is 1. The van der Waals surface area contributed by atoms with Gasteiger partial charge in [0.1, 0.15) is 19.3 Å². The van der Waals surface area contributed by atoms with Gasteiger partial charge in [0.2, 0.25) is 0 Å². The Bertz CT molecular complexity index is 567. The van der Waals surface area contributed by atoms with Crippen molar-refractivity contribution in [3.63, 3.8) is 0 Å². The predicted octanol–water partition coefficient (Wildman–Crippen LogP) is 1.87. The van der Waals surface area contributed by atoms with Gasteiger partial charge >= 0.3 is 12.0 Å². The molecular formula is C15H20N2O5S. The van der Waals surface area contributed by atoms with Crippen molar-refractivity contribution in [2.75, 3.05) is 37.6 Å². The van der Waals surface area contributed by atoms with Gasteiger partial charge in [-0.25, -0.2) is 9.59 Å². The molecule has 1 aromatic rings. The summed E-state index contributed by atoms with van der Waals surface area (Å²) in [7, 11) is 1.30. The molecule has 0 spiro atoms. The summed E-state index contributed by atoms with van der Waals surface area (Å²) in [6.07, 6.45) is 2.44. The van der Waals surface area contributed by atoms with Crippen molar-refractivity contribution in [1.82, 2.24) is 5.32 Å². The van der Waals surface area contributed by atoms with Crippen LogP contribution in [0.25, 0.3) is 0 Å². The smallest absolute Gasteiger partial charge is 0.328 e. The fourth-order valence-corrected chi connectivity index (χ4v) is 2.54. The summed E-state index contributed by atoms with van der Waals surface area (Å²) < 4.78 is 15.6. The third-order valence-electron chi connectivity index (χ3n) is 3.20. The number of hydrogen-bond donors (Lipinski definition) is 2. The van der Waals surface area contributed by atoms with E-state index in [0.717, 1.165) is 5.75 Å². The molecule has 0 saturated heterocycles. The molecule has 0 aliphatic carbocycles. The van der Waals surface area contributed by atoms with Crippen LogP contribution in [0.15, 0.2) is 18.2 Å². The molecule has 1 aliphatic rings. The molecule has 0 saturated carbocycles. The monoisotopic (exact) mass is 340 g/mol. The standard InChI is InChI=1S/C15H20N2O5S/c1-20-14(18)11(5-8-23-2)17-15(19)16-10-3-4-12-13(9-10)22-7-6-21-12/h3-4,9,11H,5-8H2,1-2H3,(H2,16,17,19). The molecule has 1 unspecified atom stereocenters. The second kappa shape index (κ2) is 8.52. The van der Waals surface area contributed by atoms with Crippen molar-refractivity contribution in [3.8, 4) is 11.5 Å². The van der Waals surface area contributed by atoms with E-state index in [1.165, 1.54) is 7.11 Å². The molecule has 1 aromatic carbocycles. The van der Waals surface area contributed by atoms with Crippen LogP contribution in [0.1, 0.15) is 6.42 Å². The van der Waals surface area contributed by atoms with E-state index in [9.17, 15) is 9.59 Å². The van der Waals surface area contributed by atoms with E-state index in [4.69, 9.17) is 14.2 Å². The number of amides is 2. The molecule has 0 fully saturated rings. The van der Waals surface area contributed by atoms with Crippen LogP contribution in [0.3, 0.4) is 0 Å². The molecule has 126 valence electrons. The molecular weight excluding hydrogens is 320 g/mol. The molecule has 7 nitrogen and oxygen atoms in total. The number of ether oxygens (including phenoxy) is 3. The van der Waals surface area contributed by atoms with Gasteiger partial charge in [0.25, 0.3) is 0 Å². The van der Waals surface area contributed by atoms with Crippen LogP contribution in [0, 0.1) is 0 Å². The Labute approximate surface area is 139 Å². The maximum atomic E-state index is 12.1. The summed E-state index contributed by atoms with van der Waals surface area (Å²) in [5, 5.41) is 5.30. The number of carbonyl (C=O) groups is 2. The first-order chi connectivity index (χ1) is 11.1. The summed E-state index contributed by atoms with van der Waals surface area (Å²) in [5.41, 5.74) is 0.556. The highest BCUT2D eigenvalue weighted by atomic mass is 32.2. The Morgan fingerprint density at radius 1 is 1.30 bits per heavy atom. The van der Waals surface area contributed by atoms with E-state index in [1.807, 2.05) is 6.26 Å². The number of urea groups is 1. The Kier molecular flexibility index (Phi) is 6.40. The van der Waals surface area contributed by atoms with E-state index < -0.39 is 18.0 Å². The normalized spacial score (nSPS) is 13.8. The number of anilines is 1. The summed E-state index contributed by atoms with van der Waals surface area (Å²) in [6.45, 7) is 0.984. The Morgan fingerprint density at radius 3 is 2.74 bits per heavy atom. The molecule has 1 heterocycles. The molecule has 2 amide bonds. The average molecular weight is 340 g/mol. The lowest BCUT2D eigenvalue weighted by atomic mass is 10.2. The van der Waals surface area contributed by atoms with Crippen molar-refractivity contribution < 1.29 is 23.8 Å². The fraction of sp³-hybridized carbons (Fsp3) is 0.467. The zero-order valence-corrected chi connectivity index (χ0v) is 13.9. The van der Waals surface area contributed by atoms with Gasteiger partial charge in [-0.1, -0.05) is 0 Å². The second-order valence-corrected chi connectivity index (χ2v) is 5.80. The number of nitrogens with one attached hydrogen (secondary N) is 2. The summed E-state index contributed by atoms with van der Waals surface area (Å²) in [6, 6.07) is 3.98.